The molecule has 3 N–H and O–H groups in total. The third kappa shape index (κ3) is 5.76. The molecule has 1 heterocycles. The third-order valence-corrected chi connectivity index (χ3v) is 4.18. The van der Waals surface area contributed by atoms with Gasteiger partial charge >= 0.3 is 0 Å². The van der Waals surface area contributed by atoms with Crippen LogP contribution in [0.1, 0.15) is 39.0 Å². The normalized spacial score (nSPS) is 20.0. The van der Waals surface area contributed by atoms with E-state index in [0.29, 0.717) is 12.1 Å². The summed E-state index contributed by atoms with van der Waals surface area (Å²) in [5.41, 5.74) is 7.15. The maximum Gasteiger partial charge on any atom is 0.224 e. The molecule has 0 radical (unpaired) electrons. The number of carbonyl (C=O) groups is 1. The van der Waals surface area contributed by atoms with Gasteiger partial charge in [0.2, 0.25) is 5.91 Å². The number of nitrogens with two attached hydrogens (primary N) is 1. The zero-order valence-electron chi connectivity index (χ0n) is 13.0. The Kier molecular flexibility index (Phi) is 6.05. The molecule has 4 heteroatoms. The van der Waals surface area contributed by atoms with Gasteiger partial charge in [-0.25, -0.2) is 0 Å². The molecule has 0 spiro atoms. The SMILES string of the molecule is CC1CCCN(CCCC(=O)Nc2ccc(N)cc2)CC1. The maximum atomic E-state index is 11.9. The van der Waals surface area contributed by atoms with E-state index in [4.69, 9.17) is 5.73 Å². The van der Waals surface area contributed by atoms with E-state index in [2.05, 4.69) is 17.1 Å². The van der Waals surface area contributed by atoms with Crippen LogP contribution in [-0.4, -0.2) is 30.4 Å². The molecule has 1 atom stereocenters. The molecule has 2 rings (SSSR count). The summed E-state index contributed by atoms with van der Waals surface area (Å²) in [7, 11) is 0. The van der Waals surface area contributed by atoms with Crippen LogP contribution in [0.5, 0.6) is 0 Å². The van der Waals surface area contributed by atoms with Crippen molar-refractivity contribution in [2.24, 2.45) is 5.92 Å². The van der Waals surface area contributed by atoms with Crippen LogP contribution in [0.3, 0.4) is 0 Å². The van der Waals surface area contributed by atoms with E-state index in [1.165, 1.54) is 32.4 Å². The Morgan fingerprint density at radius 1 is 1.29 bits per heavy atom. The molecule has 1 aromatic rings. The van der Waals surface area contributed by atoms with E-state index < -0.39 is 0 Å². The lowest BCUT2D eigenvalue weighted by Gasteiger charge is -2.19. The van der Waals surface area contributed by atoms with Crippen molar-refractivity contribution in [1.29, 1.82) is 0 Å². The number of nitrogens with zero attached hydrogens (tertiary/aromatic N) is 1. The molecule has 21 heavy (non-hydrogen) atoms. The van der Waals surface area contributed by atoms with Gasteiger partial charge < -0.3 is 16.0 Å². The van der Waals surface area contributed by atoms with Crippen LogP contribution in [0.15, 0.2) is 24.3 Å². The van der Waals surface area contributed by atoms with Gasteiger partial charge in [-0.05, 0) is 75.5 Å². The highest BCUT2D eigenvalue weighted by molar-refractivity contribution is 5.90. The second-order valence-electron chi connectivity index (χ2n) is 6.15. The number of benzene rings is 1. The quantitative estimate of drug-likeness (QED) is 0.819. The fourth-order valence-corrected chi connectivity index (χ4v) is 2.80. The minimum atomic E-state index is 0.0861. The molecule has 0 aliphatic carbocycles. The molecular weight excluding hydrogens is 262 g/mol. The number of amides is 1. The van der Waals surface area contributed by atoms with E-state index >= 15 is 0 Å². The second-order valence-corrected chi connectivity index (χ2v) is 6.15. The lowest BCUT2D eigenvalue weighted by molar-refractivity contribution is -0.116. The molecular formula is C17H27N3O. The van der Waals surface area contributed by atoms with E-state index in [-0.39, 0.29) is 5.91 Å². The van der Waals surface area contributed by atoms with E-state index in [1.807, 2.05) is 12.1 Å². The molecule has 1 saturated heterocycles. The summed E-state index contributed by atoms with van der Waals surface area (Å²) in [6.07, 6.45) is 5.43. The minimum absolute atomic E-state index is 0.0861. The maximum absolute atomic E-state index is 11.9. The topological polar surface area (TPSA) is 58.4 Å². The molecule has 1 aromatic carbocycles. The Balaban J connectivity index is 1.66. The summed E-state index contributed by atoms with van der Waals surface area (Å²) in [5, 5.41) is 2.91. The van der Waals surface area contributed by atoms with Crippen molar-refractivity contribution in [3.8, 4) is 0 Å². The van der Waals surface area contributed by atoms with Gasteiger partial charge in [0, 0.05) is 17.8 Å². The molecule has 0 bridgehead atoms. The summed E-state index contributed by atoms with van der Waals surface area (Å²) in [6.45, 7) is 5.73. The van der Waals surface area contributed by atoms with Crippen molar-refractivity contribution in [2.45, 2.75) is 39.0 Å². The Labute approximate surface area is 127 Å². The number of likely N-dealkylation sites (tertiary alicyclic amines) is 1. The number of rotatable bonds is 5. The molecule has 4 nitrogen and oxygen atoms in total. The van der Waals surface area contributed by atoms with Crippen LogP contribution in [0.4, 0.5) is 11.4 Å². The number of anilines is 2. The number of nitrogens with one attached hydrogen (secondary N) is 1. The van der Waals surface area contributed by atoms with E-state index in [0.717, 1.165) is 24.6 Å². The van der Waals surface area contributed by atoms with Gasteiger partial charge in [0.1, 0.15) is 0 Å². The molecule has 116 valence electrons. The van der Waals surface area contributed by atoms with Gasteiger partial charge in [0.05, 0.1) is 0 Å². The number of nitrogen functional groups attached to an aromatic ring is 1. The Morgan fingerprint density at radius 3 is 2.81 bits per heavy atom. The van der Waals surface area contributed by atoms with Crippen LogP contribution in [0, 0.1) is 5.92 Å². The minimum Gasteiger partial charge on any atom is -0.399 e. The predicted octanol–water partition coefficient (Wildman–Crippen LogP) is 3.11. The molecule has 0 saturated carbocycles. The average molecular weight is 289 g/mol. The van der Waals surface area contributed by atoms with Crippen LogP contribution in [0.25, 0.3) is 0 Å². The van der Waals surface area contributed by atoms with Gasteiger partial charge in [-0.1, -0.05) is 6.92 Å². The van der Waals surface area contributed by atoms with Crippen molar-refractivity contribution < 1.29 is 4.79 Å². The Hall–Kier alpha value is -1.55. The first kappa shape index (κ1) is 15.8. The summed E-state index contributed by atoms with van der Waals surface area (Å²) < 4.78 is 0. The molecule has 1 unspecified atom stereocenters. The Bertz CT molecular complexity index is 444. The molecule has 1 amide bonds. The number of hydrogen-bond acceptors (Lipinski definition) is 3. The lowest BCUT2D eigenvalue weighted by atomic mass is 10.0. The second kappa shape index (κ2) is 8.03. The number of carbonyl (C=O) groups excluding carboxylic acids is 1. The monoisotopic (exact) mass is 289 g/mol. The first-order chi connectivity index (χ1) is 10.1. The van der Waals surface area contributed by atoms with Crippen LogP contribution >= 0.6 is 0 Å². The lowest BCUT2D eigenvalue weighted by Crippen LogP contribution is -2.26. The first-order valence-electron chi connectivity index (χ1n) is 8.01. The van der Waals surface area contributed by atoms with Crippen LogP contribution in [-0.2, 0) is 4.79 Å². The van der Waals surface area contributed by atoms with Crippen molar-refractivity contribution in [3.63, 3.8) is 0 Å². The predicted molar refractivity (Wildman–Crippen MR) is 88.2 cm³/mol. The van der Waals surface area contributed by atoms with Gasteiger partial charge in [0.15, 0.2) is 0 Å². The van der Waals surface area contributed by atoms with Crippen molar-refractivity contribution >= 4 is 17.3 Å². The van der Waals surface area contributed by atoms with Crippen molar-refractivity contribution in [1.82, 2.24) is 4.90 Å². The smallest absolute Gasteiger partial charge is 0.224 e. The van der Waals surface area contributed by atoms with Crippen LogP contribution in [0.2, 0.25) is 0 Å². The molecule has 1 fully saturated rings. The van der Waals surface area contributed by atoms with Gasteiger partial charge in [-0.3, -0.25) is 4.79 Å². The summed E-state index contributed by atoms with van der Waals surface area (Å²) in [6, 6.07) is 7.27. The van der Waals surface area contributed by atoms with E-state index in [9.17, 15) is 4.79 Å². The van der Waals surface area contributed by atoms with Gasteiger partial charge in [-0.2, -0.15) is 0 Å². The van der Waals surface area contributed by atoms with E-state index in [1.54, 1.807) is 12.1 Å². The highest BCUT2D eigenvalue weighted by atomic mass is 16.1. The highest BCUT2D eigenvalue weighted by Gasteiger charge is 2.13. The first-order valence-corrected chi connectivity index (χ1v) is 8.01. The standard InChI is InChI=1S/C17H27N3O/c1-14-4-2-11-20(13-10-14)12-3-5-17(21)19-16-8-6-15(18)7-9-16/h6-9,14H,2-5,10-13,18H2,1H3,(H,19,21). The summed E-state index contributed by atoms with van der Waals surface area (Å²) in [4.78, 5) is 14.4. The molecule has 1 aliphatic rings. The highest BCUT2D eigenvalue weighted by Crippen LogP contribution is 2.17. The largest absolute Gasteiger partial charge is 0.399 e. The van der Waals surface area contributed by atoms with Crippen molar-refractivity contribution in [2.75, 3.05) is 30.7 Å². The number of hydrogen-bond donors (Lipinski definition) is 2. The third-order valence-electron chi connectivity index (χ3n) is 4.18. The molecule has 0 aromatic heterocycles. The van der Waals surface area contributed by atoms with Gasteiger partial charge in [-0.15, -0.1) is 0 Å². The zero-order valence-corrected chi connectivity index (χ0v) is 13.0. The molecule has 1 aliphatic heterocycles. The van der Waals surface area contributed by atoms with Gasteiger partial charge in [0.25, 0.3) is 0 Å². The summed E-state index contributed by atoms with van der Waals surface area (Å²) >= 11 is 0. The fraction of sp³-hybridized carbons (Fsp3) is 0.588. The zero-order chi connectivity index (χ0) is 15.1. The van der Waals surface area contributed by atoms with Crippen LogP contribution < -0.4 is 11.1 Å². The average Bonchev–Trinajstić information content (AvgIpc) is 2.66. The Morgan fingerprint density at radius 2 is 2.05 bits per heavy atom. The fourth-order valence-electron chi connectivity index (χ4n) is 2.80. The van der Waals surface area contributed by atoms with Crippen molar-refractivity contribution in [3.05, 3.63) is 24.3 Å². The summed E-state index contributed by atoms with van der Waals surface area (Å²) in [5.74, 6) is 0.937.